The van der Waals surface area contributed by atoms with Crippen LogP contribution in [-0.4, -0.2) is 49.6 Å². The molecule has 0 fully saturated rings. The lowest BCUT2D eigenvalue weighted by Crippen LogP contribution is -2.65. The van der Waals surface area contributed by atoms with Crippen LogP contribution in [0.2, 0.25) is 0 Å². The van der Waals surface area contributed by atoms with E-state index in [4.69, 9.17) is 0 Å². The number of nitrogens with zero attached hydrogens (tertiary/aromatic N) is 1. The highest BCUT2D eigenvalue weighted by molar-refractivity contribution is 7.90. The molecule has 0 aromatic carbocycles. The molecule has 0 saturated heterocycles. The molecule has 0 aromatic heterocycles. The molecule has 0 bridgehead atoms. The van der Waals surface area contributed by atoms with Crippen molar-refractivity contribution in [3.63, 3.8) is 0 Å². The van der Waals surface area contributed by atoms with Crippen molar-refractivity contribution in [1.29, 1.82) is 0 Å². The summed E-state index contributed by atoms with van der Waals surface area (Å²) >= 11 is 0. The molecule has 1 radical (unpaired) electrons. The fourth-order valence-corrected chi connectivity index (χ4v) is 2.27. The number of alkyl halides is 9. The summed E-state index contributed by atoms with van der Waals surface area (Å²) in [5.74, 6) is -14.5. The first-order chi connectivity index (χ1) is 8.98. The summed E-state index contributed by atoms with van der Waals surface area (Å²) in [6, 6.07) is 0. The Kier molecular flexibility index (Phi) is 5.29. The molecule has 0 atom stereocenters. The van der Waals surface area contributed by atoms with E-state index < -0.39 is 50.6 Å². The highest BCUT2D eigenvalue weighted by Gasteiger charge is 2.85. The van der Waals surface area contributed by atoms with Gasteiger partial charge in [0.1, 0.15) is 0 Å². The minimum absolute atomic E-state index is 0.316. The predicted molar refractivity (Wildman–Crippen MR) is 52.4 cm³/mol. The second kappa shape index (κ2) is 5.48. The number of halogens is 9. The van der Waals surface area contributed by atoms with E-state index in [2.05, 4.69) is 6.92 Å². The minimum Gasteiger partial charge on any atom is -0.206 e. The van der Waals surface area contributed by atoms with Crippen molar-refractivity contribution in [3.8, 4) is 0 Å². The summed E-state index contributed by atoms with van der Waals surface area (Å²) in [4.78, 5) is 0. The van der Waals surface area contributed by atoms with Crippen molar-refractivity contribution >= 4 is 10.0 Å². The molecule has 0 heterocycles. The third kappa shape index (κ3) is 2.94. The molecule has 0 unspecified atom stereocenters. The summed E-state index contributed by atoms with van der Waals surface area (Å²) < 4.78 is 135. The van der Waals surface area contributed by atoms with Crippen LogP contribution in [0.3, 0.4) is 0 Å². The summed E-state index contributed by atoms with van der Waals surface area (Å²) in [5, 5.41) is -6.68. The van der Waals surface area contributed by atoms with E-state index in [1.54, 1.807) is 0 Å². The summed E-state index contributed by atoms with van der Waals surface area (Å²) in [7, 11) is -6.16. The lowest BCUT2D eigenvalue weighted by molar-refractivity contribution is -0.382. The van der Waals surface area contributed by atoms with Gasteiger partial charge in [0.2, 0.25) is 0 Å². The zero-order valence-corrected chi connectivity index (χ0v) is 11.0. The lowest BCUT2D eigenvalue weighted by Gasteiger charge is -2.34. The Hall–Kier alpha value is -0.720. The summed E-state index contributed by atoms with van der Waals surface area (Å²) in [6.07, 6.45) is -7.48. The smallest absolute Gasteiger partial charge is 0.206 e. The number of hydrogen-bond donors (Lipinski definition) is 0. The van der Waals surface area contributed by atoms with E-state index in [1.165, 1.54) is 0 Å². The largest absolute Gasteiger partial charge is 0.460 e. The van der Waals surface area contributed by atoms with Crippen molar-refractivity contribution in [2.24, 2.45) is 0 Å². The molecule has 0 aliphatic carbocycles. The first-order valence-corrected chi connectivity index (χ1v) is 6.37. The molecule has 13 heteroatoms. The van der Waals surface area contributed by atoms with Gasteiger partial charge < -0.3 is 0 Å². The molecule has 0 N–H and O–H groups in total. The molecule has 21 heavy (non-hydrogen) atoms. The molecule has 3 nitrogen and oxygen atoms in total. The van der Waals surface area contributed by atoms with Crippen LogP contribution >= 0.6 is 0 Å². The first-order valence-electron chi connectivity index (χ1n) is 4.93. The Labute approximate surface area is 113 Å². The molecule has 0 aliphatic rings. The van der Waals surface area contributed by atoms with E-state index in [1.807, 2.05) is 0 Å². The van der Waals surface area contributed by atoms with E-state index >= 15 is 0 Å². The Bertz CT molecular complexity index is 471. The SMILES string of the molecule is [CH2]CCN(C)S(=O)(=O)C(F)(F)C(F)(F)C(F)(F)C(F)(F)F. The van der Waals surface area contributed by atoms with Crippen molar-refractivity contribution in [2.45, 2.75) is 29.7 Å². The zero-order valence-electron chi connectivity index (χ0n) is 10.2. The number of sulfonamides is 1. The fraction of sp³-hybridized carbons (Fsp3) is 0.875. The van der Waals surface area contributed by atoms with Gasteiger partial charge in [-0.2, -0.15) is 43.8 Å². The van der Waals surface area contributed by atoms with Crippen LogP contribution in [0.5, 0.6) is 0 Å². The second-order valence-corrected chi connectivity index (χ2v) is 5.93. The highest BCUT2D eigenvalue weighted by atomic mass is 32.2. The molecule has 127 valence electrons. The van der Waals surface area contributed by atoms with Gasteiger partial charge in [-0.3, -0.25) is 0 Å². The normalized spacial score (nSPS) is 15.6. The molecule has 0 amide bonds. The van der Waals surface area contributed by atoms with E-state index in [9.17, 15) is 47.9 Å². The average Bonchev–Trinajstić information content (AvgIpc) is 2.26. The molecular formula is C8H9F9NO2S. The Balaban J connectivity index is 6.02. The van der Waals surface area contributed by atoms with E-state index in [0.29, 0.717) is 7.05 Å². The second-order valence-electron chi connectivity index (χ2n) is 3.84. The highest BCUT2D eigenvalue weighted by Crippen LogP contribution is 2.55. The van der Waals surface area contributed by atoms with Crippen LogP contribution in [0.15, 0.2) is 0 Å². The van der Waals surface area contributed by atoms with Gasteiger partial charge in [0.05, 0.1) is 0 Å². The third-order valence-corrected chi connectivity index (χ3v) is 4.23. The van der Waals surface area contributed by atoms with Gasteiger partial charge in [-0.15, -0.1) is 0 Å². The lowest BCUT2D eigenvalue weighted by atomic mass is 10.1. The molecule has 0 aromatic rings. The maximum atomic E-state index is 13.2. The number of rotatable bonds is 6. The van der Waals surface area contributed by atoms with Crippen molar-refractivity contribution in [1.82, 2.24) is 4.31 Å². The van der Waals surface area contributed by atoms with E-state index in [-0.39, 0.29) is 0 Å². The van der Waals surface area contributed by atoms with Gasteiger partial charge >= 0.3 is 23.3 Å². The van der Waals surface area contributed by atoms with Gasteiger partial charge in [0.15, 0.2) is 0 Å². The van der Waals surface area contributed by atoms with Crippen LogP contribution in [0, 0.1) is 6.92 Å². The molecule has 0 spiro atoms. The van der Waals surface area contributed by atoms with Gasteiger partial charge in [-0.1, -0.05) is 6.92 Å². The van der Waals surface area contributed by atoms with E-state index in [0.717, 1.165) is 0 Å². The van der Waals surface area contributed by atoms with Crippen LogP contribution in [0.4, 0.5) is 39.5 Å². The predicted octanol–water partition coefficient (Wildman–Crippen LogP) is 2.90. The van der Waals surface area contributed by atoms with Crippen LogP contribution in [0.25, 0.3) is 0 Å². The molecule has 0 aliphatic heterocycles. The van der Waals surface area contributed by atoms with Crippen LogP contribution in [0.1, 0.15) is 6.42 Å². The monoisotopic (exact) mass is 354 g/mol. The maximum Gasteiger partial charge on any atom is 0.460 e. The van der Waals surface area contributed by atoms with Crippen molar-refractivity contribution in [2.75, 3.05) is 13.6 Å². The van der Waals surface area contributed by atoms with Gasteiger partial charge in [0.25, 0.3) is 10.0 Å². The number of hydrogen-bond acceptors (Lipinski definition) is 2. The standard InChI is InChI=1S/C8H9F9NO2S/c1-3-4-18(2)21(19,20)8(16,17)6(11,12)5(9,10)7(13,14)15/h1,3-4H2,2H3. The fourth-order valence-electron chi connectivity index (χ4n) is 1.06. The van der Waals surface area contributed by atoms with Crippen molar-refractivity contribution < 1.29 is 47.9 Å². The third-order valence-electron chi connectivity index (χ3n) is 2.32. The topological polar surface area (TPSA) is 37.4 Å². The maximum absolute atomic E-state index is 13.2. The summed E-state index contributed by atoms with van der Waals surface area (Å²) in [5.41, 5.74) is 0. The Morgan fingerprint density at radius 3 is 1.57 bits per heavy atom. The molecular weight excluding hydrogens is 345 g/mol. The average molecular weight is 354 g/mol. The van der Waals surface area contributed by atoms with Gasteiger partial charge in [-0.25, -0.2) is 8.42 Å². The quantitative estimate of drug-likeness (QED) is 0.688. The summed E-state index contributed by atoms with van der Waals surface area (Å²) in [6.45, 7) is 2.12. The zero-order chi connectivity index (χ0) is 17.5. The molecule has 0 saturated carbocycles. The van der Waals surface area contributed by atoms with Crippen LogP contribution < -0.4 is 0 Å². The Morgan fingerprint density at radius 1 is 0.905 bits per heavy atom. The van der Waals surface area contributed by atoms with Crippen molar-refractivity contribution in [3.05, 3.63) is 6.92 Å². The first kappa shape index (κ1) is 20.3. The molecule has 0 rings (SSSR count). The van der Waals surface area contributed by atoms with Gasteiger partial charge in [-0.05, 0) is 6.42 Å². The van der Waals surface area contributed by atoms with Gasteiger partial charge in [0, 0.05) is 13.6 Å². The Morgan fingerprint density at radius 2 is 1.29 bits per heavy atom. The minimum atomic E-state index is -7.25. The van der Waals surface area contributed by atoms with Crippen LogP contribution in [-0.2, 0) is 10.0 Å².